The van der Waals surface area contributed by atoms with Crippen LogP contribution >= 0.6 is 0 Å². The van der Waals surface area contributed by atoms with Crippen LogP contribution in [-0.2, 0) is 16.1 Å². The van der Waals surface area contributed by atoms with E-state index in [4.69, 9.17) is 14.2 Å². The molecule has 0 aliphatic carbocycles. The number of H-pyrrole nitrogens is 1. The summed E-state index contributed by atoms with van der Waals surface area (Å²) in [5.41, 5.74) is 1.55. The largest absolute Gasteiger partial charge is 0.872 e. The van der Waals surface area contributed by atoms with E-state index in [0.717, 1.165) is 12.0 Å². The highest BCUT2D eigenvalue weighted by Gasteiger charge is 2.44. The van der Waals surface area contributed by atoms with E-state index in [1.54, 1.807) is 60.9 Å². The van der Waals surface area contributed by atoms with Crippen molar-refractivity contribution in [2.75, 3.05) is 20.8 Å². The SMILES string of the molecule is CCCOc1ccc(C([O-])=C2C(=O)C(=O)N(Cc3ccc[nH+]c3)C2c2ccc(OC)c(OC)c2)cc1. The number of benzene rings is 2. The standard InChI is InChI=1S/C28H28N2O6/c1-4-14-36-21-10-7-19(8-11-21)26(31)24-25(20-9-12-22(34-2)23(15-20)35-3)30(28(33)27(24)32)17-18-6-5-13-29-16-18/h5-13,15-16,25,31H,4,14,17H2,1-3H3. The zero-order valence-electron chi connectivity index (χ0n) is 20.4. The molecule has 1 aliphatic heterocycles. The lowest BCUT2D eigenvalue weighted by atomic mass is 9.94. The second-order valence-electron chi connectivity index (χ2n) is 8.31. The van der Waals surface area contributed by atoms with Crippen molar-refractivity contribution in [1.29, 1.82) is 0 Å². The molecule has 2 aromatic carbocycles. The van der Waals surface area contributed by atoms with Crippen LogP contribution < -0.4 is 24.3 Å². The van der Waals surface area contributed by atoms with Gasteiger partial charge in [0.2, 0.25) is 5.78 Å². The molecule has 1 aliphatic rings. The van der Waals surface area contributed by atoms with Gasteiger partial charge in [-0.25, -0.2) is 4.98 Å². The number of ketones is 1. The molecule has 2 heterocycles. The van der Waals surface area contributed by atoms with E-state index in [-0.39, 0.29) is 12.1 Å². The fraction of sp³-hybridized carbons (Fsp3) is 0.250. The number of nitrogens with one attached hydrogen (secondary N) is 1. The lowest BCUT2D eigenvalue weighted by Gasteiger charge is -2.27. The maximum atomic E-state index is 13.6. The molecule has 4 rings (SSSR count). The number of Topliss-reactive ketones (excluding diaryl/α,β-unsaturated/α-hetero) is 1. The van der Waals surface area contributed by atoms with Crippen molar-refractivity contribution in [2.45, 2.75) is 25.9 Å². The predicted octanol–water partition coefficient (Wildman–Crippen LogP) is 2.73. The van der Waals surface area contributed by atoms with Gasteiger partial charge in [-0.1, -0.05) is 30.9 Å². The van der Waals surface area contributed by atoms with Gasteiger partial charge in [-0.05, 0) is 47.9 Å². The topological polar surface area (TPSA) is 102 Å². The smallest absolute Gasteiger partial charge is 0.295 e. The molecule has 1 atom stereocenters. The summed E-state index contributed by atoms with van der Waals surface area (Å²) in [7, 11) is 3.02. The summed E-state index contributed by atoms with van der Waals surface area (Å²) in [6.45, 7) is 2.71. The molecule has 1 amide bonds. The van der Waals surface area contributed by atoms with Gasteiger partial charge in [0.05, 0.1) is 33.4 Å². The normalized spacial score (nSPS) is 16.8. The van der Waals surface area contributed by atoms with Gasteiger partial charge in [0, 0.05) is 17.2 Å². The minimum absolute atomic E-state index is 0.102. The Labute approximate surface area is 209 Å². The number of methoxy groups -OCH3 is 2. The number of ether oxygens (including phenoxy) is 3. The second-order valence-corrected chi connectivity index (χ2v) is 8.31. The summed E-state index contributed by atoms with van der Waals surface area (Å²) in [5.74, 6) is -0.491. The molecule has 1 fully saturated rings. The van der Waals surface area contributed by atoms with Crippen molar-refractivity contribution in [1.82, 2.24) is 4.90 Å². The zero-order valence-corrected chi connectivity index (χ0v) is 20.4. The number of hydrogen-bond acceptors (Lipinski definition) is 6. The Morgan fingerprint density at radius 1 is 1.03 bits per heavy atom. The summed E-state index contributed by atoms with van der Waals surface area (Å²) in [6, 6.07) is 14.5. The molecule has 0 radical (unpaired) electrons. The molecule has 1 saturated heterocycles. The minimum Gasteiger partial charge on any atom is -0.872 e. The first-order valence-electron chi connectivity index (χ1n) is 11.6. The maximum absolute atomic E-state index is 13.6. The van der Waals surface area contributed by atoms with Crippen LogP contribution in [0.5, 0.6) is 17.2 Å². The van der Waals surface area contributed by atoms with E-state index < -0.39 is 23.5 Å². The monoisotopic (exact) mass is 488 g/mol. The van der Waals surface area contributed by atoms with E-state index >= 15 is 0 Å². The van der Waals surface area contributed by atoms with E-state index in [0.29, 0.717) is 35.0 Å². The van der Waals surface area contributed by atoms with Gasteiger partial charge in [0.15, 0.2) is 23.9 Å². The number of hydrogen-bond donors (Lipinski definition) is 0. The fourth-order valence-corrected chi connectivity index (χ4v) is 4.21. The molecule has 1 N–H and O–H groups in total. The first-order valence-corrected chi connectivity index (χ1v) is 11.6. The summed E-state index contributed by atoms with van der Waals surface area (Å²) in [4.78, 5) is 30.9. The van der Waals surface area contributed by atoms with Crippen LogP contribution in [0, 0.1) is 0 Å². The van der Waals surface area contributed by atoms with Crippen molar-refractivity contribution in [3.8, 4) is 17.2 Å². The first-order chi connectivity index (χ1) is 17.5. The minimum atomic E-state index is -0.895. The Bertz CT molecular complexity index is 1270. The molecule has 3 aromatic rings. The van der Waals surface area contributed by atoms with E-state index in [9.17, 15) is 14.7 Å². The molecule has 8 nitrogen and oxygen atoms in total. The van der Waals surface area contributed by atoms with Crippen LogP contribution in [0.25, 0.3) is 5.76 Å². The van der Waals surface area contributed by atoms with Crippen LogP contribution in [0.3, 0.4) is 0 Å². The lowest BCUT2D eigenvalue weighted by molar-refractivity contribution is -0.378. The Balaban J connectivity index is 1.82. The number of rotatable bonds is 9. The Morgan fingerprint density at radius 2 is 1.78 bits per heavy atom. The van der Waals surface area contributed by atoms with E-state index in [1.165, 1.54) is 19.1 Å². The van der Waals surface area contributed by atoms with Crippen molar-refractivity contribution in [3.63, 3.8) is 0 Å². The average molecular weight is 489 g/mol. The Hall–Kier alpha value is -4.33. The summed E-state index contributed by atoms with van der Waals surface area (Å²) in [6.07, 6.45) is 4.36. The van der Waals surface area contributed by atoms with Crippen LogP contribution in [0.4, 0.5) is 0 Å². The number of aromatic nitrogens is 1. The second kappa shape index (κ2) is 10.9. The molecule has 1 aromatic heterocycles. The number of pyridine rings is 1. The molecule has 1 unspecified atom stereocenters. The van der Waals surface area contributed by atoms with E-state index in [2.05, 4.69) is 4.98 Å². The molecule has 0 spiro atoms. The van der Waals surface area contributed by atoms with Gasteiger partial charge >= 0.3 is 0 Å². The van der Waals surface area contributed by atoms with Crippen LogP contribution in [0.1, 0.15) is 36.1 Å². The quantitative estimate of drug-likeness (QED) is 0.261. The molecule has 8 heteroatoms. The summed E-state index contributed by atoms with van der Waals surface area (Å²) in [5, 5.41) is 13.6. The zero-order chi connectivity index (χ0) is 25.7. The highest BCUT2D eigenvalue weighted by molar-refractivity contribution is 6.46. The molecular formula is C28H28N2O6. The van der Waals surface area contributed by atoms with Gasteiger partial charge in [0.25, 0.3) is 5.91 Å². The van der Waals surface area contributed by atoms with Gasteiger partial charge in [-0.3, -0.25) is 9.59 Å². The van der Waals surface area contributed by atoms with E-state index in [1.807, 2.05) is 13.0 Å². The molecule has 186 valence electrons. The molecule has 0 bridgehead atoms. The highest BCUT2D eigenvalue weighted by Crippen LogP contribution is 2.42. The fourth-order valence-electron chi connectivity index (χ4n) is 4.21. The maximum Gasteiger partial charge on any atom is 0.295 e. The Kier molecular flexibility index (Phi) is 7.53. The number of carbonyl (C=O) groups is 2. The molecular weight excluding hydrogens is 460 g/mol. The number of amides is 1. The Morgan fingerprint density at radius 3 is 2.42 bits per heavy atom. The summed E-state index contributed by atoms with van der Waals surface area (Å²) < 4.78 is 16.4. The summed E-state index contributed by atoms with van der Waals surface area (Å²) >= 11 is 0. The molecule has 36 heavy (non-hydrogen) atoms. The van der Waals surface area contributed by atoms with Crippen LogP contribution in [0.2, 0.25) is 0 Å². The van der Waals surface area contributed by atoms with Crippen molar-refractivity contribution >= 4 is 17.4 Å². The van der Waals surface area contributed by atoms with Gasteiger partial charge < -0.3 is 24.2 Å². The third kappa shape index (κ3) is 4.88. The van der Waals surface area contributed by atoms with Crippen molar-refractivity contribution in [2.24, 2.45) is 0 Å². The van der Waals surface area contributed by atoms with Crippen molar-refractivity contribution in [3.05, 3.63) is 89.3 Å². The number of likely N-dealkylation sites (tertiary alicyclic amines) is 1. The average Bonchev–Trinajstić information content (AvgIpc) is 3.16. The molecule has 0 saturated carbocycles. The lowest BCUT2D eigenvalue weighted by Crippen LogP contribution is -2.29. The van der Waals surface area contributed by atoms with Crippen LogP contribution in [-0.4, -0.2) is 37.4 Å². The number of nitrogens with zero attached hydrogens (tertiary/aromatic N) is 1. The van der Waals surface area contributed by atoms with Gasteiger partial charge in [0.1, 0.15) is 5.75 Å². The third-order valence-electron chi connectivity index (χ3n) is 5.97. The first kappa shape index (κ1) is 24.8. The number of carbonyl (C=O) groups excluding carboxylic acids is 2. The van der Waals surface area contributed by atoms with Gasteiger partial charge in [-0.2, -0.15) is 0 Å². The third-order valence-corrected chi connectivity index (χ3v) is 5.97. The predicted molar refractivity (Wildman–Crippen MR) is 130 cm³/mol. The highest BCUT2D eigenvalue weighted by atomic mass is 16.5. The van der Waals surface area contributed by atoms with Crippen molar-refractivity contribution < 1.29 is 33.9 Å². The van der Waals surface area contributed by atoms with Crippen LogP contribution in [0.15, 0.2) is 72.6 Å². The van der Waals surface area contributed by atoms with Gasteiger partial charge in [-0.15, -0.1) is 0 Å². The number of aromatic amines is 1.